The zero-order chi connectivity index (χ0) is 8.20. The van der Waals surface area contributed by atoms with E-state index in [4.69, 9.17) is 15.3 Å². The third kappa shape index (κ3) is 7.89. The Hall–Kier alpha value is -0.0126. The molecule has 0 aliphatic heterocycles. The Morgan fingerprint density at radius 2 is 2.09 bits per heavy atom. The minimum absolute atomic E-state index is 0. The van der Waals surface area contributed by atoms with Crippen LogP contribution in [0.4, 0.5) is 0 Å². The van der Waals surface area contributed by atoms with Crippen molar-refractivity contribution in [1.82, 2.24) is 0 Å². The smallest absolute Gasteiger partial charge is 1.00 e. The van der Waals surface area contributed by atoms with Crippen LogP contribution in [0.2, 0.25) is 0 Å². The molecule has 0 radical (unpaired) electrons. The molecule has 1 unspecified atom stereocenters. The van der Waals surface area contributed by atoms with Crippen molar-refractivity contribution in [1.29, 1.82) is 0 Å². The van der Waals surface area contributed by atoms with Crippen LogP contribution in [0, 0.1) is 0 Å². The number of aliphatic hydroxyl groups excluding tert-OH is 1. The van der Waals surface area contributed by atoms with E-state index < -0.39 is 11.6 Å². The number of carboxylic acid groups (broad SMARTS) is 1. The van der Waals surface area contributed by atoms with Crippen molar-refractivity contribution in [2.24, 2.45) is 0 Å². The van der Waals surface area contributed by atoms with E-state index in [-0.39, 0.29) is 39.7 Å². The monoisotopic (exact) mass is 156 g/mol. The van der Waals surface area contributed by atoms with Crippen molar-refractivity contribution >= 4 is 5.97 Å². The van der Waals surface area contributed by atoms with E-state index in [0.717, 1.165) is 0 Å². The van der Waals surface area contributed by atoms with E-state index >= 15 is 0 Å². The summed E-state index contributed by atoms with van der Waals surface area (Å²) >= 11 is 0. The quantitative estimate of drug-likeness (QED) is 0.373. The normalized spacial score (nSPS) is 14.8. The van der Waals surface area contributed by atoms with Crippen LogP contribution in [0.1, 0.15) is 21.2 Å². The zero-order valence-electron chi connectivity index (χ0n) is 7.87. The molecule has 0 amide bonds. The molecule has 0 bridgehead atoms. The molecule has 5 heteroatoms. The fourth-order valence-electron chi connectivity index (χ4n) is 0.655. The van der Waals surface area contributed by atoms with Gasteiger partial charge in [-0.1, -0.05) is 0 Å². The average Bonchev–Trinajstić information content (AvgIpc) is 1.59. The Morgan fingerprint density at radius 1 is 1.64 bits per heavy atom. The summed E-state index contributed by atoms with van der Waals surface area (Å²) in [6.45, 7) is 1.19. The van der Waals surface area contributed by atoms with E-state index in [0.29, 0.717) is 0 Å². The first-order chi connectivity index (χ1) is 4.48. The Morgan fingerprint density at radius 3 is 2.36 bits per heavy atom. The summed E-state index contributed by atoms with van der Waals surface area (Å²) in [6, 6.07) is 0. The van der Waals surface area contributed by atoms with Crippen molar-refractivity contribution in [2.75, 3.05) is 6.61 Å². The van der Waals surface area contributed by atoms with Gasteiger partial charge in [-0.25, -0.2) is 0 Å². The van der Waals surface area contributed by atoms with Gasteiger partial charge in [0.25, 0.3) is 0 Å². The predicted octanol–water partition coefficient (Wildman–Crippen LogP) is -3.29. The molecular weight excluding hydrogens is 143 g/mol. The summed E-state index contributed by atoms with van der Waals surface area (Å²) in [4.78, 5) is 10.0. The molecule has 4 nitrogen and oxygen atoms in total. The third-order valence-corrected chi connectivity index (χ3v) is 1.18. The zero-order valence-corrected chi connectivity index (χ0v) is 6.87. The maximum atomic E-state index is 10.0. The second-order valence-electron chi connectivity index (χ2n) is 2.54. The molecule has 0 aliphatic rings. The van der Waals surface area contributed by atoms with Crippen LogP contribution in [0.5, 0.6) is 0 Å². The van der Waals surface area contributed by atoms with E-state index in [2.05, 4.69) is 0 Å². The van der Waals surface area contributed by atoms with Gasteiger partial charge < -0.3 is 16.7 Å². The Labute approximate surface area is 78.9 Å². The van der Waals surface area contributed by atoms with Gasteiger partial charge in [-0.15, -0.1) is 0 Å². The number of hydrogen-bond acceptors (Lipinski definition) is 3. The van der Waals surface area contributed by atoms with Crippen molar-refractivity contribution in [3.8, 4) is 0 Å². The topological polar surface area (TPSA) is 77.8 Å². The molecular formula is C6H13LiO4. The number of hydrogen-bond donors (Lipinski definition) is 3. The number of rotatable bonds is 4. The van der Waals surface area contributed by atoms with Crippen molar-refractivity contribution < 1.29 is 40.4 Å². The van der Waals surface area contributed by atoms with Gasteiger partial charge in [-0.05, 0) is 13.3 Å². The Kier molecular flexibility index (Phi) is 6.92. The second-order valence-corrected chi connectivity index (χ2v) is 2.54. The second kappa shape index (κ2) is 5.61. The summed E-state index contributed by atoms with van der Waals surface area (Å²) in [7, 11) is 0. The van der Waals surface area contributed by atoms with E-state index in [1.165, 1.54) is 6.92 Å². The van der Waals surface area contributed by atoms with Gasteiger partial charge in [0.1, 0.15) is 0 Å². The average molecular weight is 156 g/mol. The van der Waals surface area contributed by atoms with Crippen molar-refractivity contribution in [2.45, 2.75) is 25.4 Å². The van der Waals surface area contributed by atoms with Crippen molar-refractivity contribution in [3.05, 3.63) is 0 Å². The van der Waals surface area contributed by atoms with Crippen LogP contribution in [0.25, 0.3) is 0 Å². The molecule has 0 aromatic heterocycles. The van der Waals surface area contributed by atoms with Gasteiger partial charge in [0.2, 0.25) is 0 Å². The number of aliphatic carboxylic acids is 1. The standard InChI is InChI=1S/C6H12O4.Li.H/c1-6(10,2-3-7)4-5(8)9;;/h7,10H,2-4H2,1H3,(H,8,9);;/q;+1;-1. The fourth-order valence-corrected chi connectivity index (χ4v) is 0.655. The van der Waals surface area contributed by atoms with Crippen LogP contribution >= 0.6 is 0 Å². The predicted molar refractivity (Wildman–Crippen MR) is 35.7 cm³/mol. The minimum atomic E-state index is -1.28. The summed E-state index contributed by atoms with van der Waals surface area (Å²) in [5.41, 5.74) is -1.28. The van der Waals surface area contributed by atoms with E-state index in [1.54, 1.807) is 0 Å². The third-order valence-electron chi connectivity index (χ3n) is 1.18. The van der Waals surface area contributed by atoms with Gasteiger partial charge in [0.15, 0.2) is 0 Å². The van der Waals surface area contributed by atoms with Gasteiger partial charge in [0, 0.05) is 6.61 Å². The molecule has 3 N–H and O–H groups in total. The summed E-state index contributed by atoms with van der Waals surface area (Å²) in [5.74, 6) is -1.06. The largest absolute Gasteiger partial charge is 1.00 e. The summed E-state index contributed by atoms with van der Waals surface area (Å²) < 4.78 is 0. The minimum Gasteiger partial charge on any atom is -1.00 e. The van der Waals surface area contributed by atoms with Crippen LogP contribution in [0.15, 0.2) is 0 Å². The molecule has 0 spiro atoms. The molecule has 0 rings (SSSR count). The number of carboxylic acids is 1. The molecule has 62 valence electrons. The molecule has 0 fully saturated rings. The van der Waals surface area contributed by atoms with Crippen LogP contribution in [-0.2, 0) is 4.79 Å². The molecule has 0 aromatic carbocycles. The van der Waals surface area contributed by atoms with E-state index in [1.807, 2.05) is 0 Å². The van der Waals surface area contributed by atoms with Crippen LogP contribution < -0.4 is 18.9 Å². The SMILES string of the molecule is CC(O)(CCO)CC(=O)O.[H-].[Li+]. The molecule has 0 aliphatic carbocycles. The van der Waals surface area contributed by atoms with Crippen LogP contribution in [0.3, 0.4) is 0 Å². The molecule has 0 heterocycles. The first-order valence-corrected chi connectivity index (χ1v) is 3.03. The first-order valence-electron chi connectivity index (χ1n) is 3.03. The maximum absolute atomic E-state index is 10.0. The first kappa shape index (κ1) is 13.6. The molecule has 11 heavy (non-hydrogen) atoms. The van der Waals surface area contributed by atoms with E-state index in [9.17, 15) is 4.79 Å². The van der Waals surface area contributed by atoms with Gasteiger partial charge in [-0.3, -0.25) is 4.79 Å². The maximum Gasteiger partial charge on any atom is 1.00 e. The summed E-state index contributed by atoms with van der Waals surface area (Å²) in [5, 5.41) is 25.7. The van der Waals surface area contributed by atoms with Crippen LogP contribution in [-0.4, -0.2) is 33.5 Å². The van der Waals surface area contributed by atoms with Gasteiger partial charge in [-0.2, -0.15) is 0 Å². The fraction of sp³-hybridized carbons (Fsp3) is 0.833. The Bertz CT molecular complexity index is 129. The number of carbonyl (C=O) groups is 1. The summed E-state index contributed by atoms with van der Waals surface area (Å²) in [6.07, 6.45) is -0.229. The molecule has 1 atom stereocenters. The molecule has 0 saturated carbocycles. The molecule has 0 aromatic rings. The van der Waals surface area contributed by atoms with Crippen molar-refractivity contribution in [3.63, 3.8) is 0 Å². The van der Waals surface area contributed by atoms with Gasteiger partial charge >= 0.3 is 24.8 Å². The Balaban J connectivity index is -0.000000405. The number of aliphatic hydroxyl groups is 2. The van der Waals surface area contributed by atoms with Gasteiger partial charge in [0.05, 0.1) is 12.0 Å². The molecule has 0 saturated heterocycles.